The standard InChI is InChI=1S/C13H16N2O3/c1-3-8-4-5-9-11(6-8)15(2)13(18)10(14-9)7-12(16)17/h4-6,10,14H,3,7H2,1-2H3,(H,16,17). The summed E-state index contributed by atoms with van der Waals surface area (Å²) in [7, 11) is 1.68. The maximum absolute atomic E-state index is 12.0. The predicted molar refractivity (Wildman–Crippen MR) is 68.9 cm³/mol. The minimum atomic E-state index is -0.983. The normalized spacial score (nSPS) is 18.2. The van der Waals surface area contributed by atoms with E-state index in [0.29, 0.717) is 0 Å². The lowest BCUT2D eigenvalue weighted by atomic mass is 10.0. The van der Waals surface area contributed by atoms with Crippen molar-refractivity contribution in [3.05, 3.63) is 23.8 Å². The number of fused-ring (bicyclic) bond motifs is 1. The molecule has 0 aromatic heterocycles. The van der Waals surface area contributed by atoms with Crippen LogP contribution in [0.1, 0.15) is 18.9 Å². The Hall–Kier alpha value is -2.04. The van der Waals surface area contributed by atoms with Crippen LogP contribution in [0.15, 0.2) is 18.2 Å². The molecule has 0 bridgehead atoms. The SMILES string of the molecule is CCc1ccc2c(c1)N(C)C(=O)C(CC(=O)O)N2. The van der Waals surface area contributed by atoms with Crippen LogP contribution in [0.4, 0.5) is 11.4 Å². The number of aliphatic carboxylic acids is 1. The number of nitrogens with zero attached hydrogens (tertiary/aromatic N) is 1. The van der Waals surface area contributed by atoms with Crippen LogP contribution in [0.5, 0.6) is 0 Å². The molecule has 1 amide bonds. The van der Waals surface area contributed by atoms with Gasteiger partial charge in [-0.05, 0) is 24.1 Å². The highest BCUT2D eigenvalue weighted by Crippen LogP contribution is 2.32. The minimum Gasteiger partial charge on any atom is -0.481 e. The van der Waals surface area contributed by atoms with Gasteiger partial charge in [0.05, 0.1) is 17.8 Å². The van der Waals surface area contributed by atoms with Crippen LogP contribution >= 0.6 is 0 Å². The molecular formula is C13H16N2O3. The van der Waals surface area contributed by atoms with Crippen molar-refractivity contribution in [2.75, 3.05) is 17.3 Å². The smallest absolute Gasteiger partial charge is 0.305 e. The average Bonchev–Trinajstić information content (AvgIpc) is 2.35. The third-order valence-corrected chi connectivity index (χ3v) is 3.17. The van der Waals surface area contributed by atoms with Gasteiger partial charge in [0.2, 0.25) is 5.91 Å². The summed E-state index contributed by atoms with van der Waals surface area (Å²) >= 11 is 0. The molecule has 1 aliphatic heterocycles. The maximum atomic E-state index is 12.0. The summed E-state index contributed by atoms with van der Waals surface area (Å²) in [6.07, 6.45) is 0.687. The summed E-state index contributed by atoms with van der Waals surface area (Å²) in [4.78, 5) is 24.3. The Kier molecular flexibility index (Phi) is 3.23. The second-order valence-electron chi connectivity index (χ2n) is 4.40. The Morgan fingerprint density at radius 2 is 2.22 bits per heavy atom. The van der Waals surface area contributed by atoms with Crippen LogP contribution in [-0.4, -0.2) is 30.1 Å². The number of carboxylic acids is 1. The van der Waals surface area contributed by atoms with E-state index in [1.54, 1.807) is 7.05 Å². The molecule has 0 fully saturated rings. The molecule has 1 aromatic rings. The van der Waals surface area contributed by atoms with Gasteiger partial charge < -0.3 is 15.3 Å². The van der Waals surface area contributed by atoms with Crippen molar-refractivity contribution >= 4 is 23.3 Å². The van der Waals surface area contributed by atoms with E-state index in [2.05, 4.69) is 5.32 Å². The molecule has 0 saturated carbocycles. The van der Waals surface area contributed by atoms with E-state index in [-0.39, 0.29) is 12.3 Å². The van der Waals surface area contributed by atoms with Crippen molar-refractivity contribution in [2.45, 2.75) is 25.8 Å². The number of anilines is 2. The number of hydrogen-bond acceptors (Lipinski definition) is 3. The van der Waals surface area contributed by atoms with E-state index in [0.717, 1.165) is 23.4 Å². The van der Waals surface area contributed by atoms with Gasteiger partial charge in [-0.3, -0.25) is 9.59 Å². The highest BCUT2D eigenvalue weighted by molar-refractivity contribution is 6.05. The van der Waals surface area contributed by atoms with E-state index < -0.39 is 12.0 Å². The highest BCUT2D eigenvalue weighted by atomic mass is 16.4. The average molecular weight is 248 g/mol. The first-order valence-corrected chi connectivity index (χ1v) is 5.91. The van der Waals surface area contributed by atoms with Crippen LogP contribution in [0.3, 0.4) is 0 Å². The predicted octanol–water partition coefficient (Wildman–Crippen LogP) is 1.48. The molecule has 0 saturated heterocycles. The zero-order valence-electron chi connectivity index (χ0n) is 10.4. The molecular weight excluding hydrogens is 232 g/mol. The van der Waals surface area contributed by atoms with Gasteiger partial charge in [0, 0.05) is 7.05 Å². The number of amides is 1. The van der Waals surface area contributed by atoms with Crippen molar-refractivity contribution in [2.24, 2.45) is 0 Å². The molecule has 1 heterocycles. The molecule has 0 aliphatic carbocycles. The topological polar surface area (TPSA) is 69.6 Å². The number of aryl methyl sites for hydroxylation is 1. The Morgan fingerprint density at radius 3 is 2.83 bits per heavy atom. The zero-order valence-corrected chi connectivity index (χ0v) is 10.4. The van der Waals surface area contributed by atoms with Crippen LogP contribution in [0.2, 0.25) is 0 Å². The van der Waals surface area contributed by atoms with Gasteiger partial charge in [-0.2, -0.15) is 0 Å². The van der Waals surface area contributed by atoms with Crippen molar-refractivity contribution < 1.29 is 14.7 Å². The molecule has 1 aliphatic rings. The maximum Gasteiger partial charge on any atom is 0.305 e. The largest absolute Gasteiger partial charge is 0.481 e. The fourth-order valence-corrected chi connectivity index (χ4v) is 2.11. The third kappa shape index (κ3) is 2.16. The number of carbonyl (C=O) groups is 2. The molecule has 0 spiro atoms. The lowest BCUT2D eigenvalue weighted by Crippen LogP contribution is -2.46. The Morgan fingerprint density at radius 1 is 1.50 bits per heavy atom. The van der Waals surface area contributed by atoms with Crippen molar-refractivity contribution in [1.29, 1.82) is 0 Å². The zero-order chi connectivity index (χ0) is 13.3. The second-order valence-corrected chi connectivity index (χ2v) is 4.40. The fraction of sp³-hybridized carbons (Fsp3) is 0.385. The van der Waals surface area contributed by atoms with Gasteiger partial charge in [-0.25, -0.2) is 0 Å². The summed E-state index contributed by atoms with van der Waals surface area (Å²) < 4.78 is 0. The Bertz CT molecular complexity index is 499. The minimum absolute atomic E-state index is 0.210. The van der Waals surface area contributed by atoms with Crippen molar-refractivity contribution in [1.82, 2.24) is 0 Å². The molecule has 1 unspecified atom stereocenters. The molecule has 2 rings (SSSR count). The van der Waals surface area contributed by atoms with Gasteiger partial charge in [0.25, 0.3) is 0 Å². The first-order chi connectivity index (χ1) is 8.52. The fourth-order valence-electron chi connectivity index (χ4n) is 2.11. The van der Waals surface area contributed by atoms with Gasteiger partial charge in [0.1, 0.15) is 6.04 Å². The molecule has 0 radical (unpaired) electrons. The molecule has 1 atom stereocenters. The van der Waals surface area contributed by atoms with Crippen LogP contribution in [0, 0.1) is 0 Å². The lowest BCUT2D eigenvalue weighted by molar-refractivity contribution is -0.138. The molecule has 18 heavy (non-hydrogen) atoms. The quantitative estimate of drug-likeness (QED) is 0.850. The van der Waals surface area contributed by atoms with Crippen molar-refractivity contribution in [3.8, 4) is 0 Å². The second kappa shape index (κ2) is 4.68. The number of nitrogens with one attached hydrogen (secondary N) is 1. The molecule has 2 N–H and O–H groups in total. The third-order valence-electron chi connectivity index (χ3n) is 3.17. The summed E-state index contributed by atoms with van der Waals surface area (Å²) in [6, 6.07) is 5.14. The molecule has 5 nitrogen and oxygen atoms in total. The Balaban J connectivity index is 2.34. The lowest BCUT2D eigenvalue weighted by Gasteiger charge is -2.32. The van der Waals surface area contributed by atoms with E-state index in [1.165, 1.54) is 4.90 Å². The van der Waals surface area contributed by atoms with E-state index in [4.69, 9.17) is 5.11 Å². The first kappa shape index (κ1) is 12.4. The summed E-state index contributed by atoms with van der Waals surface area (Å²) in [5, 5.41) is 11.8. The monoisotopic (exact) mass is 248 g/mol. The Labute approximate surface area is 105 Å². The summed E-state index contributed by atoms with van der Waals surface area (Å²) in [5.41, 5.74) is 2.76. The number of carbonyl (C=O) groups excluding carboxylic acids is 1. The van der Waals surface area contributed by atoms with Gasteiger partial charge in [0.15, 0.2) is 0 Å². The number of carboxylic acid groups (broad SMARTS) is 1. The molecule has 5 heteroatoms. The van der Waals surface area contributed by atoms with E-state index >= 15 is 0 Å². The van der Waals surface area contributed by atoms with Crippen LogP contribution in [0.25, 0.3) is 0 Å². The number of rotatable bonds is 3. The summed E-state index contributed by atoms with van der Waals surface area (Å²) in [6.45, 7) is 2.05. The highest BCUT2D eigenvalue weighted by Gasteiger charge is 2.31. The van der Waals surface area contributed by atoms with Gasteiger partial charge in [-0.1, -0.05) is 13.0 Å². The van der Waals surface area contributed by atoms with Crippen LogP contribution < -0.4 is 10.2 Å². The first-order valence-electron chi connectivity index (χ1n) is 5.91. The number of benzene rings is 1. The van der Waals surface area contributed by atoms with Crippen LogP contribution in [-0.2, 0) is 16.0 Å². The van der Waals surface area contributed by atoms with Gasteiger partial charge in [-0.15, -0.1) is 0 Å². The molecule has 96 valence electrons. The van der Waals surface area contributed by atoms with Gasteiger partial charge >= 0.3 is 5.97 Å². The van der Waals surface area contributed by atoms with Crippen molar-refractivity contribution in [3.63, 3.8) is 0 Å². The van der Waals surface area contributed by atoms with E-state index in [1.807, 2.05) is 25.1 Å². The summed E-state index contributed by atoms with van der Waals surface area (Å²) in [5.74, 6) is -1.19. The number of likely N-dealkylation sites (N-methyl/N-ethyl adjacent to an activating group) is 1. The number of hydrogen-bond donors (Lipinski definition) is 2. The van der Waals surface area contributed by atoms with E-state index in [9.17, 15) is 9.59 Å². The molecule has 1 aromatic carbocycles.